The summed E-state index contributed by atoms with van der Waals surface area (Å²) >= 11 is 1.72. The van der Waals surface area contributed by atoms with Crippen LogP contribution in [0.15, 0.2) is 40.9 Å². The maximum atomic E-state index is 12.4. The number of H-pyrrole nitrogens is 2. The lowest BCUT2D eigenvalue weighted by molar-refractivity contribution is -0.345. The van der Waals surface area contributed by atoms with Crippen molar-refractivity contribution in [2.75, 3.05) is 13.1 Å². The number of aryl methyl sites for hydroxylation is 1. The molecular formula is C20H22N5OS+. The Kier molecular flexibility index (Phi) is 4.06. The molecule has 27 heavy (non-hydrogen) atoms. The number of hydrogen-bond donors (Lipinski definition) is 1. The summed E-state index contributed by atoms with van der Waals surface area (Å²) in [7, 11) is 0. The number of likely N-dealkylation sites (tertiary alicyclic amines) is 1. The van der Waals surface area contributed by atoms with Crippen molar-refractivity contribution in [3.63, 3.8) is 0 Å². The topological polar surface area (TPSA) is 68.1 Å². The minimum Gasteiger partial charge on any atom is -0.343 e. The molecule has 7 heteroatoms. The van der Waals surface area contributed by atoms with Crippen LogP contribution in [0.3, 0.4) is 0 Å². The molecule has 1 fully saturated rings. The molecule has 1 aliphatic rings. The number of aromatic amines is 2. The fourth-order valence-corrected chi connectivity index (χ4v) is 4.80. The third-order valence-corrected chi connectivity index (χ3v) is 6.35. The molecule has 0 aliphatic carbocycles. The number of nitrogens with zero attached hydrogens (tertiary/aromatic N) is 3. The lowest BCUT2D eigenvalue weighted by Gasteiger charge is -2.33. The molecule has 2 N–H and O–H groups in total. The van der Waals surface area contributed by atoms with E-state index in [0.717, 1.165) is 59.4 Å². The first-order valence-corrected chi connectivity index (χ1v) is 10.2. The number of thiazole rings is 1. The highest BCUT2D eigenvalue weighted by atomic mass is 32.1. The lowest BCUT2D eigenvalue weighted by Crippen LogP contribution is -2.34. The van der Waals surface area contributed by atoms with Gasteiger partial charge in [-0.05, 0) is 25.8 Å². The van der Waals surface area contributed by atoms with Gasteiger partial charge in [0.1, 0.15) is 6.20 Å². The highest BCUT2D eigenvalue weighted by Crippen LogP contribution is 2.29. The minimum atomic E-state index is 0.0666. The molecule has 4 aromatic heterocycles. The lowest BCUT2D eigenvalue weighted by atomic mass is 10.0. The minimum absolute atomic E-state index is 0.0666. The van der Waals surface area contributed by atoms with E-state index < -0.39 is 0 Å². The predicted octanol–water partition coefficient (Wildman–Crippen LogP) is 2.90. The van der Waals surface area contributed by atoms with Gasteiger partial charge in [0.05, 0.1) is 33.2 Å². The average Bonchev–Trinajstić information content (AvgIpc) is 3.31. The quantitative estimate of drug-likeness (QED) is 0.594. The second kappa shape index (κ2) is 6.58. The summed E-state index contributed by atoms with van der Waals surface area (Å²) in [4.78, 5) is 25.9. The Morgan fingerprint density at radius 2 is 2.15 bits per heavy atom. The predicted molar refractivity (Wildman–Crippen MR) is 107 cm³/mol. The molecule has 0 bridgehead atoms. The number of fused-ring (bicyclic) bond motifs is 3. The van der Waals surface area contributed by atoms with Crippen LogP contribution in [0, 0.1) is 6.92 Å². The van der Waals surface area contributed by atoms with Crippen LogP contribution in [-0.2, 0) is 6.54 Å². The van der Waals surface area contributed by atoms with Crippen LogP contribution in [0.5, 0.6) is 0 Å². The number of nitrogens with one attached hydrogen (secondary N) is 2. The standard InChI is InChI=1S/C20H21N5OS/c1-13-23-14(12-27-13)11-24-7-3-15(4-8-24)25-9-5-18(26)17-10-22-20-16(19(17)25)2-6-21-20/h2,5-6,9-10,12,15H,3-4,7-8,11H2,1H3,(H,21,22)/p+1. The normalized spacial score (nSPS) is 16.5. The number of aromatic nitrogens is 4. The molecular weight excluding hydrogens is 358 g/mol. The highest BCUT2D eigenvalue weighted by molar-refractivity contribution is 7.09. The first kappa shape index (κ1) is 16.6. The molecule has 6 nitrogen and oxygen atoms in total. The van der Waals surface area contributed by atoms with Crippen LogP contribution in [0.4, 0.5) is 0 Å². The first-order valence-electron chi connectivity index (χ1n) is 9.35. The zero-order valence-corrected chi connectivity index (χ0v) is 16.1. The summed E-state index contributed by atoms with van der Waals surface area (Å²) in [5, 5.41) is 5.12. The zero-order valence-electron chi connectivity index (χ0n) is 15.2. The molecule has 0 atom stereocenters. The molecule has 0 amide bonds. The summed E-state index contributed by atoms with van der Waals surface area (Å²) in [5.74, 6) is 0. The van der Waals surface area contributed by atoms with Gasteiger partial charge in [-0.15, -0.1) is 11.3 Å². The molecule has 0 spiro atoms. The van der Waals surface area contributed by atoms with Crippen molar-refractivity contribution in [1.82, 2.24) is 19.4 Å². The van der Waals surface area contributed by atoms with E-state index in [1.807, 2.05) is 24.7 Å². The smallest absolute Gasteiger partial charge is 0.286 e. The van der Waals surface area contributed by atoms with Crippen molar-refractivity contribution < 1.29 is 4.98 Å². The Morgan fingerprint density at radius 3 is 2.93 bits per heavy atom. The van der Waals surface area contributed by atoms with Crippen LogP contribution in [0.1, 0.15) is 29.6 Å². The van der Waals surface area contributed by atoms with Gasteiger partial charge in [0, 0.05) is 43.3 Å². The molecule has 0 aromatic carbocycles. The maximum absolute atomic E-state index is 12.4. The van der Waals surface area contributed by atoms with E-state index in [1.165, 1.54) is 5.69 Å². The van der Waals surface area contributed by atoms with Gasteiger partial charge in [-0.1, -0.05) is 0 Å². The highest BCUT2D eigenvalue weighted by Gasteiger charge is 2.23. The average molecular weight is 380 g/mol. The van der Waals surface area contributed by atoms with Crippen molar-refractivity contribution in [1.29, 1.82) is 0 Å². The van der Waals surface area contributed by atoms with Gasteiger partial charge in [-0.25, -0.2) is 15.0 Å². The Labute approximate surface area is 160 Å². The second-order valence-corrected chi connectivity index (χ2v) is 8.33. The third-order valence-electron chi connectivity index (χ3n) is 5.53. The van der Waals surface area contributed by atoms with Crippen LogP contribution < -0.4 is 10.4 Å². The van der Waals surface area contributed by atoms with Crippen molar-refractivity contribution in [2.24, 2.45) is 0 Å². The van der Waals surface area contributed by atoms with Gasteiger partial charge >= 0.3 is 0 Å². The largest absolute Gasteiger partial charge is 0.343 e. The van der Waals surface area contributed by atoms with Crippen molar-refractivity contribution in [3.8, 4) is 0 Å². The van der Waals surface area contributed by atoms with E-state index in [0.29, 0.717) is 6.04 Å². The number of piperidine rings is 1. The second-order valence-electron chi connectivity index (χ2n) is 7.27. The molecule has 5 heterocycles. The Balaban J connectivity index is 1.44. The third kappa shape index (κ3) is 2.96. The van der Waals surface area contributed by atoms with Gasteiger partial charge in [0.25, 0.3) is 5.65 Å². The van der Waals surface area contributed by atoms with Crippen LogP contribution in [0.25, 0.3) is 21.9 Å². The van der Waals surface area contributed by atoms with Gasteiger partial charge in [0.15, 0.2) is 5.43 Å². The van der Waals surface area contributed by atoms with Gasteiger partial charge in [0.2, 0.25) is 0 Å². The zero-order chi connectivity index (χ0) is 18.4. The Morgan fingerprint density at radius 1 is 1.30 bits per heavy atom. The summed E-state index contributed by atoms with van der Waals surface area (Å²) < 4.78 is 2.31. The summed E-state index contributed by atoms with van der Waals surface area (Å²) in [6.07, 6.45) is 7.87. The van der Waals surface area contributed by atoms with E-state index in [4.69, 9.17) is 0 Å². The summed E-state index contributed by atoms with van der Waals surface area (Å²) in [5.41, 5.74) is 3.23. The SMILES string of the molecule is Cc1nc(CN2CCC(n3ccc(=O)c4c[nH+]c5[nH]ccc5c43)CC2)cs1. The molecule has 0 unspecified atom stereocenters. The Hall–Kier alpha value is -2.51. The summed E-state index contributed by atoms with van der Waals surface area (Å²) in [6.45, 7) is 5.08. The van der Waals surface area contributed by atoms with Crippen LogP contribution in [0.2, 0.25) is 0 Å². The molecule has 4 aromatic rings. The molecule has 5 rings (SSSR count). The fraction of sp³-hybridized carbons (Fsp3) is 0.350. The molecule has 1 saturated heterocycles. The number of pyridine rings is 2. The van der Waals surface area contributed by atoms with Crippen molar-refractivity contribution >= 4 is 33.3 Å². The van der Waals surface area contributed by atoms with Gasteiger partial charge in [-0.2, -0.15) is 0 Å². The van der Waals surface area contributed by atoms with Gasteiger partial charge in [-0.3, -0.25) is 9.69 Å². The monoisotopic (exact) mass is 380 g/mol. The van der Waals surface area contributed by atoms with Gasteiger partial charge < -0.3 is 4.57 Å². The number of rotatable bonds is 3. The molecule has 1 aliphatic heterocycles. The fourth-order valence-electron chi connectivity index (χ4n) is 4.19. The van der Waals surface area contributed by atoms with Crippen LogP contribution >= 0.6 is 11.3 Å². The van der Waals surface area contributed by atoms with E-state index in [2.05, 4.69) is 36.7 Å². The summed E-state index contributed by atoms with van der Waals surface area (Å²) in [6, 6.07) is 4.14. The van der Waals surface area contributed by atoms with Crippen LogP contribution in [-0.4, -0.2) is 32.5 Å². The van der Waals surface area contributed by atoms with E-state index >= 15 is 0 Å². The van der Waals surface area contributed by atoms with E-state index in [9.17, 15) is 4.79 Å². The first-order chi connectivity index (χ1) is 13.2. The van der Waals surface area contributed by atoms with E-state index in [1.54, 1.807) is 17.4 Å². The van der Waals surface area contributed by atoms with Crippen molar-refractivity contribution in [2.45, 2.75) is 32.4 Å². The molecule has 0 radical (unpaired) electrons. The van der Waals surface area contributed by atoms with E-state index in [-0.39, 0.29) is 5.43 Å². The molecule has 138 valence electrons. The number of hydrogen-bond acceptors (Lipinski definition) is 4. The van der Waals surface area contributed by atoms with Crippen molar-refractivity contribution in [3.05, 3.63) is 57.0 Å². The Bertz CT molecular complexity index is 1170. The molecule has 0 saturated carbocycles. The maximum Gasteiger partial charge on any atom is 0.286 e.